The van der Waals surface area contributed by atoms with Gasteiger partial charge in [0.25, 0.3) is 5.91 Å². The average molecular weight is 342 g/mol. The molecule has 26 heavy (non-hydrogen) atoms. The molecule has 2 aromatic heterocycles. The van der Waals surface area contributed by atoms with Gasteiger partial charge < -0.3 is 14.3 Å². The summed E-state index contributed by atoms with van der Waals surface area (Å²) in [6, 6.07) is 19.8. The molecule has 4 heteroatoms. The number of aromatic nitrogens is 1. The first-order valence-electron chi connectivity index (χ1n) is 8.73. The van der Waals surface area contributed by atoms with E-state index in [1.807, 2.05) is 47.4 Å². The fourth-order valence-corrected chi connectivity index (χ4v) is 4.07. The minimum atomic E-state index is -0.125. The molecule has 0 saturated heterocycles. The minimum Gasteiger partial charge on any atom is -0.467 e. The molecule has 1 atom stereocenters. The first kappa shape index (κ1) is 15.0. The first-order valence-corrected chi connectivity index (χ1v) is 8.73. The van der Waals surface area contributed by atoms with E-state index in [1.54, 1.807) is 6.26 Å². The van der Waals surface area contributed by atoms with E-state index in [1.165, 1.54) is 0 Å². The Morgan fingerprint density at radius 3 is 2.69 bits per heavy atom. The number of fused-ring (bicyclic) bond motifs is 2. The molecule has 1 aliphatic rings. The number of para-hydroxylation sites is 1. The molecule has 4 nitrogen and oxygen atoms in total. The van der Waals surface area contributed by atoms with Crippen LogP contribution in [-0.2, 0) is 6.54 Å². The van der Waals surface area contributed by atoms with E-state index in [0.717, 1.165) is 39.0 Å². The van der Waals surface area contributed by atoms with Crippen LogP contribution in [0, 0.1) is 6.92 Å². The SMILES string of the molecule is Cc1[nH]c2ccccc2c1[C@@H]1c2ccccc2C(=O)N1Cc1ccco1. The number of carbonyl (C=O) groups is 1. The lowest BCUT2D eigenvalue weighted by atomic mass is 9.95. The van der Waals surface area contributed by atoms with Crippen LogP contribution >= 0.6 is 0 Å². The lowest BCUT2D eigenvalue weighted by molar-refractivity contribution is 0.0723. The molecule has 2 aromatic carbocycles. The van der Waals surface area contributed by atoms with Crippen LogP contribution in [0.15, 0.2) is 71.3 Å². The molecule has 1 N–H and O–H groups in total. The van der Waals surface area contributed by atoms with Crippen molar-refractivity contribution in [1.29, 1.82) is 0 Å². The summed E-state index contributed by atoms with van der Waals surface area (Å²) in [7, 11) is 0. The van der Waals surface area contributed by atoms with Crippen LogP contribution in [0.5, 0.6) is 0 Å². The number of furan rings is 1. The molecule has 0 fully saturated rings. The highest BCUT2D eigenvalue weighted by Crippen LogP contribution is 2.43. The van der Waals surface area contributed by atoms with Crippen molar-refractivity contribution in [2.24, 2.45) is 0 Å². The third-order valence-electron chi connectivity index (χ3n) is 5.18. The number of carbonyl (C=O) groups excluding carboxylic acids is 1. The molecule has 3 heterocycles. The zero-order valence-corrected chi connectivity index (χ0v) is 14.4. The third kappa shape index (κ3) is 2.12. The summed E-state index contributed by atoms with van der Waals surface area (Å²) in [4.78, 5) is 18.5. The van der Waals surface area contributed by atoms with Gasteiger partial charge in [-0.3, -0.25) is 4.79 Å². The van der Waals surface area contributed by atoms with Crippen molar-refractivity contribution in [2.45, 2.75) is 19.5 Å². The molecule has 5 rings (SSSR count). The van der Waals surface area contributed by atoms with Gasteiger partial charge in [-0.1, -0.05) is 36.4 Å². The summed E-state index contributed by atoms with van der Waals surface area (Å²) in [5, 5.41) is 1.16. The number of aryl methyl sites for hydroxylation is 1. The largest absolute Gasteiger partial charge is 0.467 e. The Hall–Kier alpha value is -3.27. The molecular formula is C22H18N2O2. The zero-order valence-electron chi connectivity index (χ0n) is 14.4. The quantitative estimate of drug-likeness (QED) is 0.580. The molecule has 4 aromatic rings. The van der Waals surface area contributed by atoms with E-state index < -0.39 is 0 Å². The second kappa shape index (κ2) is 5.63. The van der Waals surface area contributed by atoms with Crippen molar-refractivity contribution in [3.63, 3.8) is 0 Å². The maximum atomic E-state index is 13.2. The highest BCUT2D eigenvalue weighted by atomic mass is 16.3. The third-order valence-corrected chi connectivity index (χ3v) is 5.18. The van der Waals surface area contributed by atoms with Crippen LogP contribution in [-0.4, -0.2) is 15.8 Å². The van der Waals surface area contributed by atoms with E-state index in [9.17, 15) is 4.79 Å². The van der Waals surface area contributed by atoms with Crippen LogP contribution in [0.3, 0.4) is 0 Å². The summed E-state index contributed by atoms with van der Waals surface area (Å²) in [5.41, 5.74) is 5.16. The van der Waals surface area contributed by atoms with E-state index in [4.69, 9.17) is 4.42 Å². The number of rotatable bonds is 3. The molecule has 0 saturated carbocycles. The second-order valence-electron chi connectivity index (χ2n) is 6.71. The standard InChI is InChI=1S/C22H18N2O2/c1-14-20(18-10-4-5-11-19(18)23-14)21-16-8-2-3-9-17(16)22(25)24(21)13-15-7-6-12-26-15/h2-12,21,23H,13H2,1H3/t21-/m0/s1. The summed E-state index contributed by atoms with van der Waals surface area (Å²) >= 11 is 0. The van der Waals surface area contributed by atoms with Crippen LogP contribution in [0.2, 0.25) is 0 Å². The number of nitrogens with zero attached hydrogens (tertiary/aromatic N) is 1. The van der Waals surface area contributed by atoms with Crippen molar-refractivity contribution in [1.82, 2.24) is 9.88 Å². The van der Waals surface area contributed by atoms with E-state index in [2.05, 4.69) is 30.1 Å². The van der Waals surface area contributed by atoms with Gasteiger partial charge in [-0.15, -0.1) is 0 Å². The van der Waals surface area contributed by atoms with Crippen LogP contribution in [0.25, 0.3) is 10.9 Å². The van der Waals surface area contributed by atoms with Crippen molar-refractivity contribution in [2.75, 3.05) is 0 Å². The number of H-pyrrole nitrogens is 1. The first-order chi connectivity index (χ1) is 12.7. The van der Waals surface area contributed by atoms with E-state index >= 15 is 0 Å². The summed E-state index contributed by atoms with van der Waals surface area (Å²) < 4.78 is 5.52. The second-order valence-corrected chi connectivity index (χ2v) is 6.71. The molecule has 128 valence electrons. The van der Waals surface area contributed by atoms with Crippen LogP contribution < -0.4 is 0 Å². The van der Waals surface area contributed by atoms with Crippen molar-refractivity contribution < 1.29 is 9.21 Å². The molecular weight excluding hydrogens is 324 g/mol. The summed E-state index contributed by atoms with van der Waals surface area (Å²) in [5.74, 6) is 0.834. The molecule has 0 bridgehead atoms. The highest BCUT2D eigenvalue weighted by Gasteiger charge is 2.39. The van der Waals surface area contributed by atoms with Crippen molar-refractivity contribution in [3.8, 4) is 0 Å². The maximum absolute atomic E-state index is 13.2. The minimum absolute atomic E-state index is 0.0479. The van der Waals surface area contributed by atoms with Crippen molar-refractivity contribution >= 4 is 16.8 Å². The van der Waals surface area contributed by atoms with Gasteiger partial charge in [-0.2, -0.15) is 0 Å². The topological polar surface area (TPSA) is 49.2 Å². The summed E-state index contributed by atoms with van der Waals surface area (Å²) in [6.45, 7) is 2.52. The predicted molar refractivity (Wildman–Crippen MR) is 99.9 cm³/mol. The lowest BCUT2D eigenvalue weighted by Crippen LogP contribution is -2.28. The molecule has 0 spiro atoms. The number of nitrogens with one attached hydrogen (secondary N) is 1. The zero-order chi connectivity index (χ0) is 17.7. The Balaban J connectivity index is 1.72. The highest BCUT2D eigenvalue weighted by molar-refractivity contribution is 6.01. The number of aromatic amines is 1. The number of hydrogen-bond donors (Lipinski definition) is 1. The Bertz CT molecular complexity index is 1110. The maximum Gasteiger partial charge on any atom is 0.255 e. The smallest absolute Gasteiger partial charge is 0.255 e. The molecule has 1 amide bonds. The van der Waals surface area contributed by atoms with Crippen molar-refractivity contribution in [3.05, 3.63) is 95.1 Å². The van der Waals surface area contributed by atoms with Gasteiger partial charge in [0.15, 0.2) is 0 Å². The monoisotopic (exact) mass is 342 g/mol. The van der Waals surface area contributed by atoms with Gasteiger partial charge in [-0.05, 0) is 36.8 Å². The van der Waals surface area contributed by atoms with Gasteiger partial charge in [0.05, 0.1) is 18.8 Å². The Kier molecular flexibility index (Phi) is 3.25. The average Bonchev–Trinajstić information content (AvgIpc) is 3.34. The van der Waals surface area contributed by atoms with E-state index in [-0.39, 0.29) is 11.9 Å². The van der Waals surface area contributed by atoms with Gasteiger partial charge >= 0.3 is 0 Å². The number of hydrogen-bond acceptors (Lipinski definition) is 2. The number of benzene rings is 2. The van der Waals surface area contributed by atoms with Gasteiger partial charge in [0.1, 0.15) is 5.76 Å². The fraction of sp³-hybridized carbons (Fsp3) is 0.136. The Labute approximate surface area is 151 Å². The van der Waals surface area contributed by atoms with E-state index in [0.29, 0.717) is 6.54 Å². The summed E-state index contributed by atoms with van der Waals surface area (Å²) in [6.07, 6.45) is 1.65. The number of amides is 1. The van der Waals surface area contributed by atoms with Crippen LogP contribution in [0.4, 0.5) is 0 Å². The lowest BCUT2D eigenvalue weighted by Gasteiger charge is -2.25. The molecule has 0 aliphatic carbocycles. The van der Waals surface area contributed by atoms with Gasteiger partial charge in [0, 0.05) is 27.7 Å². The Morgan fingerprint density at radius 2 is 1.85 bits per heavy atom. The van der Waals surface area contributed by atoms with Gasteiger partial charge in [-0.25, -0.2) is 0 Å². The normalized spacial score (nSPS) is 16.4. The predicted octanol–water partition coefficient (Wildman–Crippen LogP) is 4.81. The molecule has 0 radical (unpaired) electrons. The fourth-order valence-electron chi connectivity index (χ4n) is 4.07. The van der Waals surface area contributed by atoms with Gasteiger partial charge in [0.2, 0.25) is 0 Å². The van der Waals surface area contributed by atoms with Crippen LogP contribution in [0.1, 0.15) is 39.0 Å². The Morgan fingerprint density at radius 1 is 1.04 bits per heavy atom. The molecule has 1 aliphatic heterocycles. The molecule has 0 unspecified atom stereocenters.